The fraction of sp³-hybridized carbons (Fsp3) is 0.500. The van der Waals surface area contributed by atoms with Crippen LogP contribution in [0.5, 0.6) is 0 Å². The van der Waals surface area contributed by atoms with E-state index in [0.29, 0.717) is 34.9 Å². The first-order chi connectivity index (χ1) is 12.8. The Bertz CT molecular complexity index is 971. The van der Waals surface area contributed by atoms with E-state index in [4.69, 9.17) is 5.73 Å². The lowest BCUT2D eigenvalue weighted by molar-refractivity contribution is 0.183. The number of amidine groups is 1. The molecule has 4 N–H and O–H groups in total. The van der Waals surface area contributed by atoms with E-state index in [1.807, 2.05) is 16.1 Å². The van der Waals surface area contributed by atoms with Crippen LogP contribution in [0.25, 0.3) is 11.2 Å². The van der Waals surface area contributed by atoms with E-state index in [1.54, 1.807) is 12.7 Å². The Balaban J connectivity index is 0.000000194. The van der Waals surface area contributed by atoms with Crippen LogP contribution >= 0.6 is 0 Å². The molecule has 1 aliphatic heterocycles. The summed E-state index contributed by atoms with van der Waals surface area (Å²) in [7, 11) is 0. The minimum Gasteiger partial charge on any atom is -0.382 e. The predicted molar refractivity (Wildman–Crippen MR) is 111 cm³/mol. The number of anilines is 2. The Morgan fingerprint density at radius 2 is 1.68 bits per heavy atom. The molecule has 0 fully saturated rings. The summed E-state index contributed by atoms with van der Waals surface area (Å²) >= 11 is 0. The average Bonchev–Trinajstić information content (AvgIpc) is 3.20. The number of aliphatic hydroxyl groups excluding tert-OH is 1. The van der Waals surface area contributed by atoms with Crippen molar-refractivity contribution in [1.82, 2.24) is 29.1 Å². The number of fused-ring (bicyclic) bond motifs is 2. The van der Waals surface area contributed by atoms with E-state index < -0.39 is 6.23 Å². The maximum atomic E-state index is 9.62. The zero-order valence-corrected chi connectivity index (χ0v) is 16.1. The van der Waals surface area contributed by atoms with Crippen molar-refractivity contribution in [1.29, 1.82) is 0 Å². The van der Waals surface area contributed by atoms with Crippen LogP contribution in [-0.4, -0.2) is 40.0 Å². The van der Waals surface area contributed by atoms with Gasteiger partial charge < -0.3 is 25.3 Å². The molecule has 3 aromatic heterocycles. The van der Waals surface area contributed by atoms with Crippen molar-refractivity contribution in [2.24, 2.45) is 4.99 Å². The quantitative estimate of drug-likeness (QED) is 0.616. The third-order valence-electron chi connectivity index (χ3n) is 4.18. The molecule has 4 heterocycles. The number of aliphatic imine (C=N–C) groups is 1. The summed E-state index contributed by atoms with van der Waals surface area (Å²) < 4.78 is 3.95. The van der Waals surface area contributed by atoms with Gasteiger partial charge in [-0.3, -0.25) is 0 Å². The molecular weight excluding hydrogens is 358 g/mol. The molecule has 4 rings (SSSR count). The van der Waals surface area contributed by atoms with Gasteiger partial charge in [-0.15, -0.1) is 0 Å². The lowest BCUT2D eigenvalue weighted by Crippen LogP contribution is -2.20. The van der Waals surface area contributed by atoms with Gasteiger partial charge >= 0.3 is 0 Å². The zero-order valence-electron chi connectivity index (χ0n) is 16.1. The Kier molecular flexibility index (Phi) is 6.34. The molecule has 0 saturated carbocycles. The summed E-state index contributed by atoms with van der Waals surface area (Å²) in [6.45, 7) is 10.1. The molecule has 1 unspecified atom stereocenters. The number of nitrogens with one attached hydrogen (secondary N) is 1. The first kappa shape index (κ1) is 21.3. The molecule has 0 radical (unpaired) electrons. The molecule has 0 aromatic carbocycles. The summed E-state index contributed by atoms with van der Waals surface area (Å²) in [5, 5.41) is 12.7. The van der Waals surface area contributed by atoms with Gasteiger partial charge in [0, 0.05) is 12.1 Å². The predicted octanol–water partition coefficient (Wildman–Crippen LogP) is 2.92. The molecule has 0 saturated heterocycles. The topological polar surface area (TPSA) is 132 Å². The third-order valence-corrected chi connectivity index (χ3v) is 4.18. The van der Waals surface area contributed by atoms with E-state index in [1.165, 1.54) is 6.33 Å². The monoisotopic (exact) mass is 387 g/mol. The van der Waals surface area contributed by atoms with Crippen LogP contribution in [0.4, 0.5) is 11.6 Å². The molecule has 28 heavy (non-hydrogen) atoms. The van der Waals surface area contributed by atoms with Gasteiger partial charge in [0.05, 0.1) is 12.7 Å². The number of hydrogen-bond donors (Lipinski definition) is 3. The highest BCUT2D eigenvalue weighted by Gasteiger charge is 2.23. The summed E-state index contributed by atoms with van der Waals surface area (Å²) in [6, 6.07) is 0.649. The molecule has 0 amide bonds. The minimum atomic E-state index is -0.828. The highest BCUT2D eigenvalue weighted by atomic mass is 16.3. The van der Waals surface area contributed by atoms with E-state index in [-0.39, 0.29) is 7.43 Å². The van der Waals surface area contributed by atoms with Crippen molar-refractivity contribution < 1.29 is 5.11 Å². The van der Waals surface area contributed by atoms with Gasteiger partial charge in [-0.1, -0.05) is 7.43 Å². The molecule has 0 aliphatic carbocycles. The van der Waals surface area contributed by atoms with E-state index >= 15 is 0 Å². The molecule has 3 aromatic rings. The maximum absolute atomic E-state index is 9.62. The Morgan fingerprint density at radius 1 is 1.04 bits per heavy atom. The number of rotatable bonds is 2. The van der Waals surface area contributed by atoms with Gasteiger partial charge in [-0.25, -0.2) is 24.9 Å². The van der Waals surface area contributed by atoms with Crippen LogP contribution in [0.2, 0.25) is 0 Å². The number of nitrogen functional groups attached to an aromatic ring is 1. The van der Waals surface area contributed by atoms with Crippen LogP contribution in [0.15, 0.2) is 24.0 Å². The standard InChI is InChI=1S/C9H14N4O.C8H11N5.CH4/c1-5(2)13-4-10-7-8(13)11-6(3)12-9(7)14;1-5(2)13-4-12-6-7(9)10-3-11-8(6)13;/h4-5,9,14H,1-3H3,(H,11,12);3-5H,1-2H3,(H2,9,10,11);1H4. The van der Waals surface area contributed by atoms with Crippen LogP contribution in [0.3, 0.4) is 0 Å². The maximum Gasteiger partial charge on any atom is 0.194 e. The number of hydrogen-bond acceptors (Lipinski definition) is 8. The fourth-order valence-corrected chi connectivity index (χ4v) is 2.78. The molecule has 10 heteroatoms. The number of nitrogens with two attached hydrogens (primary N) is 1. The van der Waals surface area contributed by atoms with Crippen LogP contribution < -0.4 is 11.1 Å². The number of nitrogens with zero attached hydrogens (tertiary/aromatic N) is 7. The Labute approximate surface area is 164 Å². The second kappa shape index (κ2) is 8.34. The van der Waals surface area contributed by atoms with E-state index in [2.05, 4.69) is 57.9 Å². The average molecular weight is 387 g/mol. The lowest BCUT2D eigenvalue weighted by atomic mass is 10.3. The molecule has 0 spiro atoms. The van der Waals surface area contributed by atoms with Crippen molar-refractivity contribution >= 4 is 28.6 Å². The first-order valence-electron chi connectivity index (χ1n) is 8.78. The third kappa shape index (κ3) is 3.96. The second-order valence-electron chi connectivity index (χ2n) is 6.87. The van der Waals surface area contributed by atoms with Crippen molar-refractivity contribution in [2.75, 3.05) is 11.1 Å². The van der Waals surface area contributed by atoms with Crippen molar-refractivity contribution in [3.8, 4) is 0 Å². The summed E-state index contributed by atoms with van der Waals surface area (Å²) in [4.78, 5) is 20.3. The minimum absolute atomic E-state index is 0. The van der Waals surface area contributed by atoms with E-state index in [9.17, 15) is 5.11 Å². The zero-order chi connectivity index (χ0) is 19.7. The summed E-state index contributed by atoms with van der Waals surface area (Å²) in [5.74, 6) is 2.00. The largest absolute Gasteiger partial charge is 0.382 e. The van der Waals surface area contributed by atoms with Gasteiger partial charge in [-0.05, 0) is 34.6 Å². The molecule has 0 bridgehead atoms. The smallest absolute Gasteiger partial charge is 0.194 e. The lowest BCUT2D eigenvalue weighted by Gasteiger charge is -2.19. The summed E-state index contributed by atoms with van der Waals surface area (Å²) in [5.41, 5.74) is 7.71. The van der Waals surface area contributed by atoms with Gasteiger partial charge in [0.1, 0.15) is 29.2 Å². The van der Waals surface area contributed by atoms with Crippen molar-refractivity contribution in [3.63, 3.8) is 0 Å². The highest BCUT2D eigenvalue weighted by molar-refractivity contribution is 5.94. The van der Waals surface area contributed by atoms with Gasteiger partial charge in [0.2, 0.25) is 0 Å². The van der Waals surface area contributed by atoms with Crippen molar-refractivity contribution in [3.05, 3.63) is 24.7 Å². The molecule has 1 atom stereocenters. The Hall–Kier alpha value is -3.01. The number of aliphatic hydroxyl groups is 1. The summed E-state index contributed by atoms with van der Waals surface area (Å²) in [6.07, 6.45) is 4.09. The number of imidazole rings is 2. The Morgan fingerprint density at radius 3 is 2.32 bits per heavy atom. The second-order valence-corrected chi connectivity index (χ2v) is 6.87. The molecular formula is C18H29N9O. The van der Waals surface area contributed by atoms with Crippen molar-refractivity contribution in [2.45, 2.75) is 60.4 Å². The fourth-order valence-electron chi connectivity index (χ4n) is 2.78. The van der Waals surface area contributed by atoms with E-state index in [0.717, 1.165) is 11.5 Å². The van der Waals surface area contributed by atoms with Gasteiger partial charge in [0.15, 0.2) is 17.7 Å². The normalized spacial score (nSPS) is 15.4. The molecule has 1 aliphatic rings. The first-order valence-corrected chi connectivity index (χ1v) is 8.78. The molecule has 152 valence electrons. The highest BCUT2D eigenvalue weighted by Crippen LogP contribution is 2.28. The molecule has 10 nitrogen and oxygen atoms in total. The van der Waals surface area contributed by atoms with Crippen LogP contribution in [-0.2, 0) is 0 Å². The van der Waals surface area contributed by atoms with Gasteiger partial charge in [-0.2, -0.15) is 0 Å². The van der Waals surface area contributed by atoms with Crippen LogP contribution in [0.1, 0.15) is 66.1 Å². The SMILES string of the molecule is C.CC(C)n1cnc2c(N)ncnc21.CC1=NC(O)c2ncn(C(C)C)c2N1. The number of aromatic nitrogens is 6. The van der Waals surface area contributed by atoms with Crippen LogP contribution in [0, 0.1) is 0 Å². The van der Waals surface area contributed by atoms with Gasteiger partial charge in [0.25, 0.3) is 0 Å².